The Hall–Kier alpha value is -4.01. The average Bonchev–Trinajstić information content (AvgIpc) is 2.81. The van der Waals surface area contributed by atoms with Gasteiger partial charge in [-0.15, -0.1) is 0 Å². The monoisotopic (exact) mass is 453 g/mol. The number of nitrogens with one attached hydrogen (secondary N) is 2. The van der Waals surface area contributed by atoms with Gasteiger partial charge in [-0.1, -0.05) is 18.2 Å². The maximum absolute atomic E-state index is 13.5. The lowest BCUT2D eigenvalue weighted by molar-refractivity contribution is 0.0988. The summed E-state index contributed by atoms with van der Waals surface area (Å²) in [6.45, 7) is 1.99. The third-order valence-corrected chi connectivity index (χ3v) is 5.18. The quantitative estimate of drug-likeness (QED) is 0.572. The molecule has 1 aliphatic rings. The number of rotatable bonds is 5. The van der Waals surface area contributed by atoms with Gasteiger partial charge in [0.1, 0.15) is 11.9 Å². The second-order valence-electron chi connectivity index (χ2n) is 7.44. The van der Waals surface area contributed by atoms with E-state index in [0.717, 1.165) is 12.1 Å². The molecule has 1 aromatic heterocycles. The van der Waals surface area contributed by atoms with Crippen LogP contribution in [0.5, 0.6) is 5.75 Å². The minimum absolute atomic E-state index is 0.106. The Kier molecular flexibility index (Phi) is 6.48. The molecule has 1 aliphatic heterocycles. The van der Waals surface area contributed by atoms with Gasteiger partial charge in [0, 0.05) is 29.9 Å². The molecular weight excluding hydrogens is 432 g/mol. The maximum Gasteiger partial charge on any atom is 0.408 e. The molecule has 0 bridgehead atoms. The number of hydrogen-bond acceptors (Lipinski definition) is 5. The Morgan fingerprint density at radius 3 is 2.73 bits per heavy atom. The smallest absolute Gasteiger partial charge is 0.408 e. The summed E-state index contributed by atoms with van der Waals surface area (Å²) in [4.78, 5) is 29.4. The second kappa shape index (κ2) is 9.64. The van der Waals surface area contributed by atoms with Crippen molar-refractivity contribution in [3.8, 4) is 5.75 Å². The molecule has 2 atom stereocenters. The number of carbonyl (C=O) groups excluding carboxylic acids is 2. The molecule has 2 unspecified atom stereocenters. The number of hydrogen-bond donors (Lipinski definition) is 2. The minimum atomic E-state index is -1.07. The number of aromatic nitrogens is 1. The summed E-state index contributed by atoms with van der Waals surface area (Å²) in [6, 6.07) is 12.9. The van der Waals surface area contributed by atoms with Gasteiger partial charge in [0.2, 0.25) is 0 Å². The van der Waals surface area contributed by atoms with E-state index in [9.17, 15) is 18.4 Å². The van der Waals surface area contributed by atoms with Crippen LogP contribution in [0.1, 0.15) is 47.1 Å². The van der Waals surface area contributed by atoms with E-state index in [4.69, 9.17) is 9.47 Å². The SMILES string of the molecule is CC(OC(=O)NC1CCOc2c(C(=O)Nc3ccc(F)c(F)c3)cccc21)c1ccccn1. The fourth-order valence-electron chi connectivity index (χ4n) is 3.54. The first-order chi connectivity index (χ1) is 15.9. The second-order valence-corrected chi connectivity index (χ2v) is 7.44. The summed E-state index contributed by atoms with van der Waals surface area (Å²) in [7, 11) is 0. The third kappa shape index (κ3) is 5.08. The number of ether oxygens (including phenoxy) is 2. The van der Waals surface area contributed by atoms with Gasteiger partial charge in [-0.25, -0.2) is 13.6 Å². The molecular formula is C24H21F2N3O4. The first kappa shape index (κ1) is 22.2. The van der Waals surface area contributed by atoms with Crippen LogP contribution in [-0.2, 0) is 4.74 Å². The summed E-state index contributed by atoms with van der Waals surface area (Å²) in [5, 5.41) is 5.35. The molecule has 0 spiro atoms. The number of carbonyl (C=O) groups is 2. The number of anilines is 1. The molecule has 170 valence electrons. The number of para-hydroxylation sites is 1. The molecule has 0 fully saturated rings. The van der Waals surface area contributed by atoms with Gasteiger partial charge in [0.25, 0.3) is 5.91 Å². The molecule has 0 saturated carbocycles. The highest BCUT2D eigenvalue weighted by Crippen LogP contribution is 2.35. The van der Waals surface area contributed by atoms with E-state index in [1.165, 1.54) is 6.07 Å². The number of benzene rings is 2. The molecule has 2 heterocycles. The number of halogens is 2. The van der Waals surface area contributed by atoms with E-state index in [1.807, 2.05) is 6.07 Å². The lowest BCUT2D eigenvalue weighted by Gasteiger charge is -2.28. The molecule has 0 radical (unpaired) electrons. The van der Waals surface area contributed by atoms with Crippen molar-refractivity contribution in [2.45, 2.75) is 25.5 Å². The van der Waals surface area contributed by atoms with Crippen LogP contribution in [0, 0.1) is 11.6 Å². The topological polar surface area (TPSA) is 89.5 Å². The van der Waals surface area contributed by atoms with Crippen LogP contribution in [0.3, 0.4) is 0 Å². The normalized spacial score (nSPS) is 15.5. The predicted octanol–water partition coefficient (Wildman–Crippen LogP) is 4.92. The van der Waals surface area contributed by atoms with Crippen LogP contribution in [-0.4, -0.2) is 23.6 Å². The molecule has 33 heavy (non-hydrogen) atoms. The van der Waals surface area contributed by atoms with Crippen molar-refractivity contribution in [2.75, 3.05) is 11.9 Å². The van der Waals surface area contributed by atoms with Crippen molar-refractivity contribution >= 4 is 17.7 Å². The number of alkyl carbamates (subject to hydrolysis) is 1. The van der Waals surface area contributed by atoms with Crippen LogP contribution in [0.15, 0.2) is 60.8 Å². The van der Waals surface area contributed by atoms with E-state index < -0.39 is 35.8 Å². The van der Waals surface area contributed by atoms with Gasteiger partial charge >= 0.3 is 6.09 Å². The fourth-order valence-corrected chi connectivity index (χ4v) is 3.54. The van der Waals surface area contributed by atoms with E-state index in [1.54, 1.807) is 43.5 Å². The van der Waals surface area contributed by atoms with Gasteiger partial charge in [-0.05, 0) is 37.3 Å². The Balaban J connectivity index is 1.48. The highest BCUT2D eigenvalue weighted by atomic mass is 19.2. The molecule has 7 nitrogen and oxygen atoms in total. The van der Waals surface area contributed by atoms with Crippen molar-refractivity contribution in [3.63, 3.8) is 0 Å². The van der Waals surface area contributed by atoms with Crippen molar-refractivity contribution in [3.05, 3.63) is 89.2 Å². The van der Waals surface area contributed by atoms with Gasteiger partial charge in [-0.3, -0.25) is 9.78 Å². The Labute approximate surface area is 188 Å². The molecule has 0 saturated heterocycles. The first-order valence-corrected chi connectivity index (χ1v) is 10.3. The molecule has 4 rings (SSSR count). The number of nitrogens with zero attached hydrogens (tertiary/aromatic N) is 1. The lowest BCUT2D eigenvalue weighted by Crippen LogP contribution is -2.33. The molecule has 3 aromatic rings. The zero-order valence-electron chi connectivity index (χ0n) is 17.7. The Morgan fingerprint density at radius 2 is 1.97 bits per heavy atom. The molecule has 2 N–H and O–H groups in total. The number of fused-ring (bicyclic) bond motifs is 1. The van der Waals surface area contributed by atoms with Crippen LogP contribution in [0.2, 0.25) is 0 Å². The van der Waals surface area contributed by atoms with Gasteiger partial charge in [-0.2, -0.15) is 0 Å². The van der Waals surface area contributed by atoms with Crippen molar-refractivity contribution in [1.82, 2.24) is 10.3 Å². The first-order valence-electron chi connectivity index (χ1n) is 10.3. The highest BCUT2D eigenvalue weighted by Gasteiger charge is 2.28. The van der Waals surface area contributed by atoms with E-state index >= 15 is 0 Å². The van der Waals surface area contributed by atoms with Crippen LogP contribution in [0.4, 0.5) is 19.3 Å². The Bertz CT molecular complexity index is 1170. The summed E-state index contributed by atoms with van der Waals surface area (Å²) in [5.74, 6) is -2.31. The molecule has 9 heteroatoms. The van der Waals surface area contributed by atoms with E-state index in [2.05, 4.69) is 15.6 Å². The standard InChI is InChI=1S/C24H21F2N3O4/c1-14(20-7-2-3-11-27-20)33-24(31)29-21-10-12-32-22-16(21)5-4-6-17(22)23(30)28-15-8-9-18(25)19(26)13-15/h2-9,11,13-14,21H,10,12H2,1H3,(H,28,30)(H,29,31). The zero-order valence-corrected chi connectivity index (χ0v) is 17.7. The largest absolute Gasteiger partial charge is 0.492 e. The third-order valence-electron chi connectivity index (χ3n) is 5.18. The summed E-state index contributed by atoms with van der Waals surface area (Å²) in [6.07, 6.45) is 0.935. The molecule has 0 aliphatic carbocycles. The molecule has 2 amide bonds. The Morgan fingerprint density at radius 1 is 1.12 bits per heavy atom. The van der Waals surface area contributed by atoms with Crippen molar-refractivity contribution in [1.29, 1.82) is 0 Å². The van der Waals surface area contributed by atoms with Crippen LogP contribution >= 0.6 is 0 Å². The fraction of sp³-hybridized carbons (Fsp3) is 0.208. The molecule has 2 aromatic carbocycles. The maximum atomic E-state index is 13.5. The zero-order chi connectivity index (χ0) is 23.4. The summed E-state index contributed by atoms with van der Waals surface area (Å²) >= 11 is 0. The van der Waals surface area contributed by atoms with Crippen molar-refractivity contribution < 1.29 is 27.8 Å². The lowest BCUT2D eigenvalue weighted by atomic mass is 9.97. The summed E-state index contributed by atoms with van der Waals surface area (Å²) < 4.78 is 37.8. The minimum Gasteiger partial charge on any atom is -0.492 e. The average molecular weight is 453 g/mol. The van der Waals surface area contributed by atoms with Gasteiger partial charge < -0.3 is 20.1 Å². The highest BCUT2D eigenvalue weighted by molar-refractivity contribution is 6.06. The van der Waals surface area contributed by atoms with Gasteiger partial charge in [0.05, 0.1) is 23.9 Å². The number of amides is 2. The number of pyridine rings is 1. The van der Waals surface area contributed by atoms with E-state index in [-0.39, 0.29) is 17.9 Å². The van der Waals surface area contributed by atoms with E-state index in [0.29, 0.717) is 23.4 Å². The van der Waals surface area contributed by atoms with Crippen LogP contribution < -0.4 is 15.4 Å². The predicted molar refractivity (Wildman–Crippen MR) is 116 cm³/mol. The van der Waals surface area contributed by atoms with Crippen molar-refractivity contribution in [2.24, 2.45) is 0 Å². The van der Waals surface area contributed by atoms with Gasteiger partial charge in [0.15, 0.2) is 11.6 Å². The van der Waals surface area contributed by atoms with Crippen LogP contribution in [0.25, 0.3) is 0 Å². The summed E-state index contributed by atoms with van der Waals surface area (Å²) in [5.41, 5.74) is 1.55.